The van der Waals surface area contributed by atoms with Gasteiger partial charge in [0.1, 0.15) is 5.78 Å². The first-order chi connectivity index (χ1) is 15.6. The summed E-state index contributed by atoms with van der Waals surface area (Å²) >= 11 is 0. The summed E-state index contributed by atoms with van der Waals surface area (Å²) in [5, 5.41) is 13.7. The van der Waals surface area contributed by atoms with E-state index in [0.717, 1.165) is 21.9 Å². The fraction of sp³-hybridized carbons (Fsp3) is 0.143. The van der Waals surface area contributed by atoms with Crippen LogP contribution in [0.2, 0.25) is 0 Å². The summed E-state index contributed by atoms with van der Waals surface area (Å²) in [6, 6.07) is 30.6. The lowest BCUT2D eigenvalue weighted by atomic mass is 9.88. The van der Waals surface area contributed by atoms with Crippen LogP contribution in [0.3, 0.4) is 0 Å². The molecule has 0 unspecified atom stereocenters. The maximum absolute atomic E-state index is 13.5. The Hall–Kier alpha value is -3.76. The minimum absolute atomic E-state index is 0.172. The quantitative estimate of drug-likeness (QED) is 0.488. The highest BCUT2D eigenvalue weighted by Gasteiger charge is 2.50. The van der Waals surface area contributed by atoms with Crippen LogP contribution in [0.5, 0.6) is 0 Å². The van der Waals surface area contributed by atoms with Gasteiger partial charge in [-0.3, -0.25) is 9.59 Å². The SMILES string of the molecule is O=C(Cc1ccccc1)C[C@]1(O)C(=O)N(Cc2cccc3ccccc23)c2ccccc21. The van der Waals surface area contributed by atoms with Crippen molar-refractivity contribution < 1.29 is 14.7 Å². The van der Waals surface area contributed by atoms with E-state index in [-0.39, 0.29) is 18.6 Å². The third kappa shape index (κ3) is 3.49. The molecule has 0 fully saturated rings. The van der Waals surface area contributed by atoms with Crippen molar-refractivity contribution in [3.05, 3.63) is 114 Å². The second kappa shape index (κ2) is 8.06. The summed E-state index contributed by atoms with van der Waals surface area (Å²) in [4.78, 5) is 28.0. The van der Waals surface area contributed by atoms with Crippen molar-refractivity contribution >= 4 is 28.2 Å². The minimum Gasteiger partial charge on any atom is -0.375 e. The average Bonchev–Trinajstić information content (AvgIpc) is 3.02. The van der Waals surface area contributed by atoms with Crippen LogP contribution in [0.4, 0.5) is 5.69 Å². The normalized spacial score (nSPS) is 17.5. The summed E-state index contributed by atoms with van der Waals surface area (Å²) in [6.07, 6.45) is -0.0638. The fourth-order valence-corrected chi connectivity index (χ4v) is 4.61. The van der Waals surface area contributed by atoms with Crippen molar-refractivity contribution in [1.29, 1.82) is 0 Å². The van der Waals surface area contributed by atoms with Crippen molar-refractivity contribution in [3.8, 4) is 0 Å². The van der Waals surface area contributed by atoms with E-state index in [1.165, 1.54) is 0 Å². The van der Waals surface area contributed by atoms with Gasteiger partial charge in [0.2, 0.25) is 0 Å². The number of amides is 1. The minimum atomic E-state index is -1.85. The van der Waals surface area contributed by atoms with Crippen LogP contribution in [0.15, 0.2) is 97.1 Å². The first-order valence-electron chi connectivity index (χ1n) is 10.7. The van der Waals surface area contributed by atoms with Crippen LogP contribution >= 0.6 is 0 Å². The molecule has 0 aliphatic carbocycles. The molecule has 4 heteroatoms. The molecular weight excluding hydrogens is 398 g/mol. The number of para-hydroxylation sites is 1. The zero-order valence-electron chi connectivity index (χ0n) is 17.6. The van der Waals surface area contributed by atoms with Crippen LogP contribution in [0.1, 0.15) is 23.1 Å². The zero-order chi connectivity index (χ0) is 22.1. The van der Waals surface area contributed by atoms with Gasteiger partial charge in [0.25, 0.3) is 5.91 Å². The van der Waals surface area contributed by atoms with Crippen molar-refractivity contribution in [1.82, 2.24) is 0 Å². The number of carbonyl (C=O) groups excluding carboxylic acids is 2. The van der Waals surface area contributed by atoms with E-state index in [4.69, 9.17) is 0 Å². The largest absolute Gasteiger partial charge is 0.375 e. The Morgan fingerprint density at radius 2 is 1.50 bits per heavy atom. The third-order valence-electron chi connectivity index (χ3n) is 6.14. The number of carbonyl (C=O) groups is 2. The molecule has 158 valence electrons. The molecule has 1 heterocycles. The second-order valence-electron chi connectivity index (χ2n) is 8.28. The Morgan fingerprint density at radius 1 is 0.812 bits per heavy atom. The maximum Gasteiger partial charge on any atom is 0.264 e. The van der Waals surface area contributed by atoms with Crippen molar-refractivity contribution in [3.63, 3.8) is 0 Å². The Morgan fingerprint density at radius 3 is 2.34 bits per heavy atom. The molecule has 1 atom stereocenters. The van der Waals surface area contributed by atoms with Crippen molar-refractivity contribution in [2.24, 2.45) is 0 Å². The Bertz CT molecular complexity index is 1310. The monoisotopic (exact) mass is 421 g/mol. The van der Waals surface area contributed by atoms with Crippen LogP contribution in [-0.4, -0.2) is 16.8 Å². The number of rotatable bonds is 6. The number of fused-ring (bicyclic) bond motifs is 2. The van der Waals surface area contributed by atoms with Gasteiger partial charge >= 0.3 is 0 Å². The van der Waals surface area contributed by atoms with Crippen LogP contribution in [0, 0.1) is 0 Å². The molecule has 32 heavy (non-hydrogen) atoms. The van der Waals surface area contributed by atoms with Crippen molar-refractivity contribution in [2.45, 2.75) is 25.0 Å². The van der Waals surface area contributed by atoms with Gasteiger partial charge in [0.15, 0.2) is 5.60 Å². The summed E-state index contributed by atoms with van der Waals surface area (Å²) in [5.74, 6) is -0.623. The molecule has 1 aliphatic heterocycles. The molecule has 0 saturated heterocycles. The van der Waals surface area contributed by atoms with Gasteiger partial charge in [-0.25, -0.2) is 0 Å². The van der Waals surface area contributed by atoms with E-state index in [1.54, 1.807) is 17.0 Å². The Kier molecular flexibility index (Phi) is 5.08. The number of Topliss-reactive ketones (excluding diaryl/α,β-unsaturated/α-hetero) is 1. The van der Waals surface area contributed by atoms with E-state index in [9.17, 15) is 14.7 Å². The maximum atomic E-state index is 13.5. The summed E-state index contributed by atoms with van der Waals surface area (Å²) < 4.78 is 0. The summed E-state index contributed by atoms with van der Waals surface area (Å²) in [6.45, 7) is 0.326. The average molecular weight is 421 g/mol. The van der Waals surface area contributed by atoms with E-state index in [0.29, 0.717) is 17.8 Å². The van der Waals surface area contributed by atoms with Crippen LogP contribution < -0.4 is 4.90 Å². The molecule has 0 saturated carbocycles. The predicted molar refractivity (Wildman–Crippen MR) is 125 cm³/mol. The number of hydrogen-bond donors (Lipinski definition) is 1. The smallest absolute Gasteiger partial charge is 0.264 e. The van der Waals surface area contributed by atoms with Crippen LogP contribution in [-0.2, 0) is 28.2 Å². The molecule has 4 aromatic carbocycles. The highest BCUT2D eigenvalue weighted by atomic mass is 16.3. The highest BCUT2D eigenvalue weighted by Crippen LogP contribution is 2.43. The summed E-state index contributed by atoms with van der Waals surface area (Å²) in [7, 11) is 0. The first kappa shape index (κ1) is 20.2. The first-order valence-corrected chi connectivity index (χ1v) is 10.7. The van der Waals surface area contributed by atoms with E-state index < -0.39 is 11.5 Å². The van der Waals surface area contributed by atoms with Gasteiger partial charge < -0.3 is 10.0 Å². The van der Waals surface area contributed by atoms with E-state index >= 15 is 0 Å². The number of benzene rings is 4. The zero-order valence-corrected chi connectivity index (χ0v) is 17.6. The molecular formula is C28H23NO3. The molecule has 1 N–H and O–H groups in total. The lowest BCUT2D eigenvalue weighted by Gasteiger charge is -2.23. The number of aliphatic hydroxyl groups is 1. The number of nitrogens with zero attached hydrogens (tertiary/aromatic N) is 1. The second-order valence-corrected chi connectivity index (χ2v) is 8.28. The number of ketones is 1. The fourth-order valence-electron chi connectivity index (χ4n) is 4.61. The standard InChI is InChI=1S/C28H23NO3/c30-23(17-20-9-2-1-3-10-20)18-28(32)25-15-6-7-16-26(25)29(27(28)31)19-22-13-8-12-21-11-4-5-14-24(21)22/h1-16,32H,17-19H2/t28-/m1/s1. The van der Waals surface area contributed by atoms with Gasteiger partial charge in [-0.15, -0.1) is 0 Å². The third-order valence-corrected chi connectivity index (χ3v) is 6.14. The Balaban J connectivity index is 1.47. The van der Waals surface area contributed by atoms with Gasteiger partial charge in [0.05, 0.1) is 12.2 Å². The van der Waals surface area contributed by atoms with E-state index in [1.807, 2.05) is 84.9 Å². The lowest BCUT2D eigenvalue weighted by Crippen LogP contribution is -2.41. The molecule has 5 rings (SSSR count). The molecule has 1 aliphatic rings. The topological polar surface area (TPSA) is 57.6 Å². The molecule has 0 aromatic heterocycles. The van der Waals surface area contributed by atoms with Gasteiger partial charge in [-0.2, -0.15) is 0 Å². The number of hydrogen-bond acceptors (Lipinski definition) is 3. The predicted octanol–water partition coefficient (Wildman–Crippen LogP) is 4.78. The molecule has 1 amide bonds. The molecule has 0 bridgehead atoms. The molecule has 0 spiro atoms. The van der Waals surface area contributed by atoms with Gasteiger partial charge in [0, 0.05) is 18.4 Å². The van der Waals surface area contributed by atoms with Crippen molar-refractivity contribution in [2.75, 3.05) is 4.90 Å². The summed E-state index contributed by atoms with van der Waals surface area (Å²) in [5.41, 5.74) is 1.15. The lowest BCUT2D eigenvalue weighted by molar-refractivity contribution is -0.141. The highest BCUT2D eigenvalue weighted by molar-refractivity contribution is 6.09. The van der Waals surface area contributed by atoms with Gasteiger partial charge in [-0.05, 0) is 28.0 Å². The number of anilines is 1. The molecule has 0 radical (unpaired) electrons. The molecule has 4 nitrogen and oxygen atoms in total. The van der Waals surface area contributed by atoms with E-state index in [2.05, 4.69) is 0 Å². The molecule has 4 aromatic rings. The van der Waals surface area contributed by atoms with Gasteiger partial charge in [-0.1, -0.05) is 91.0 Å². The Labute approximate surface area is 186 Å². The van der Waals surface area contributed by atoms with Crippen LogP contribution in [0.25, 0.3) is 10.8 Å².